The molecule has 1 unspecified atom stereocenters. The molecular formula is C24H30FN5O3S. The van der Waals surface area contributed by atoms with E-state index in [0.29, 0.717) is 30.3 Å². The average Bonchev–Trinajstić information content (AvgIpc) is 3.28. The highest BCUT2D eigenvalue weighted by atomic mass is 32.1. The number of imidazole rings is 1. The van der Waals surface area contributed by atoms with E-state index in [2.05, 4.69) is 10.3 Å². The molecule has 3 aromatic rings. The molecular weight excluding hydrogens is 457 g/mol. The van der Waals surface area contributed by atoms with Gasteiger partial charge in [0.05, 0.1) is 16.4 Å². The zero-order valence-corrected chi connectivity index (χ0v) is 21.1. The molecule has 0 aliphatic carbocycles. The number of ether oxygens (including phenoxy) is 1. The smallest absolute Gasteiger partial charge is 0.410 e. The van der Waals surface area contributed by atoms with E-state index < -0.39 is 17.3 Å². The fourth-order valence-electron chi connectivity index (χ4n) is 3.98. The number of nitrogens with one attached hydrogen (secondary N) is 1. The van der Waals surface area contributed by atoms with Crippen molar-refractivity contribution in [2.45, 2.75) is 53.2 Å². The number of halogens is 1. The zero-order chi connectivity index (χ0) is 24.8. The number of hydrogen-bond donors (Lipinski definition) is 1. The summed E-state index contributed by atoms with van der Waals surface area (Å²) >= 11 is 1.11. The summed E-state index contributed by atoms with van der Waals surface area (Å²) in [5.41, 5.74) is 2.54. The lowest BCUT2D eigenvalue weighted by Crippen LogP contribution is -2.55. The molecule has 10 heteroatoms. The van der Waals surface area contributed by atoms with Crippen molar-refractivity contribution < 1.29 is 18.7 Å². The van der Waals surface area contributed by atoms with E-state index >= 15 is 0 Å². The van der Waals surface area contributed by atoms with Crippen molar-refractivity contribution in [3.63, 3.8) is 0 Å². The minimum absolute atomic E-state index is 0.0264. The lowest BCUT2D eigenvalue weighted by Gasteiger charge is -2.40. The Morgan fingerprint density at radius 3 is 2.62 bits per heavy atom. The highest BCUT2D eigenvalue weighted by Crippen LogP contribution is 2.32. The Labute approximate surface area is 202 Å². The number of pyridine rings is 1. The molecule has 4 rings (SSSR count). The minimum Gasteiger partial charge on any atom is -0.444 e. The van der Waals surface area contributed by atoms with E-state index in [-0.39, 0.29) is 17.0 Å². The largest absolute Gasteiger partial charge is 0.444 e. The molecule has 1 fully saturated rings. The van der Waals surface area contributed by atoms with Gasteiger partial charge in [0, 0.05) is 44.1 Å². The minimum atomic E-state index is -0.563. The predicted octanol–water partition coefficient (Wildman–Crippen LogP) is 4.85. The van der Waals surface area contributed by atoms with E-state index in [1.54, 1.807) is 11.1 Å². The zero-order valence-electron chi connectivity index (χ0n) is 20.3. The molecule has 2 amide bonds. The van der Waals surface area contributed by atoms with Crippen LogP contribution in [-0.2, 0) is 4.74 Å². The molecule has 1 N–H and O–H groups in total. The maximum Gasteiger partial charge on any atom is 0.410 e. The first-order chi connectivity index (χ1) is 15.9. The maximum absolute atomic E-state index is 14.8. The Morgan fingerprint density at radius 2 is 1.94 bits per heavy atom. The van der Waals surface area contributed by atoms with Crippen LogP contribution in [-0.4, -0.2) is 57.6 Å². The number of fused-ring (bicyclic) bond motifs is 1. The van der Waals surface area contributed by atoms with Crippen molar-refractivity contribution in [1.29, 1.82) is 0 Å². The Bertz CT molecular complexity index is 1250. The summed E-state index contributed by atoms with van der Waals surface area (Å²) in [7, 11) is 0. The van der Waals surface area contributed by atoms with Crippen molar-refractivity contribution in [2.24, 2.45) is 0 Å². The van der Waals surface area contributed by atoms with E-state index in [4.69, 9.17) is 4.74 Å². The molecule has 1 atom stereocenters. The van der Waals surface area contributed by atoms with Gasteiger partial charge in [0.1, 0.15) is 21.9 Å². The fraction of sp³-hybridized carbons (Fsp3) is 0.458. The van der Waals surface area contributed by atoms with Crippen molar-refractivity contribution in [3.8, 4) is 0 Å². The molecule has 1 aliphatic rings. The third kappa shape index (κ3) is 5.01. The standard InChI is InChI=1S/C24H30FN5O3S/c1-14-9-19-26-15(2)11-29(19)13-18(14)27-22(31)21-17(25)10-20(34-21)28-7-8-30(16(3)12-28)23(32)33-24(4,5)6/h9-11,13,16H,7-8,12H2,1-6H3,(H,27,31). The summed E-state index contributed by atoms with van der Waals surface area (Å²) in [5, 5.41) is 3.50. The maximum atomic E-state index is 14.8. The SMILES string of the molecule is Cc1cn2cc(NC(=O)c3sc(N4CCN(C(=O)OC(C)(C)C)C(C)C4)cc3F)c(C)cc2n1. The number of anilines is 2. The number of amides is 2. The number of hydrogen-bond acceptors (Lipinski definition) is 6. The van der Waals surface area contributed by atoms with Crippen LogP contribution < -0.4 is 10.2 Å². The van der Waals surface area contributed by atoms with Gasteiger partial charge in [-0.2, -0.15) is 0 Å². The van der Waals surface area contributed by atoms with Gasteiger partial charge >= 0.3 is 6.09 Å². The van der Waals surface area contributed by atoms with Crippen LogP contribution in [0.3, 0.4) is 0 Å². The second-order valence-corrected chi connectivity index (χ2v) is 10.7. The Morgan fingerprint density at radius 1 is 1.21 bits per heavy atom. The molecule has 182 valence electrons. The van der Waals surface area contributed by atoms with Crippen LogP contribution in [0.15, 0.2) is 24.5 Å². The topological polar surface area (TPSA) is 79.2 Å². The molecule has 1 aliphatic heterocycles. The van der Waals surface area contributed by atoms with Gasteiger partial charge in [-0.15, -0.1) is 11.3 Å². The van der Waals surface area contributed by atoms with Crippen molar-refractivity contribution >= 4 is 39.7 Å². The average molecular weight is 488 g/mol. The highest BCUT2D eigenvalue weighted by molar-refractivity contribution is 7.18. The molecule has 8 nitrogen and oxygen atoms in total. The van der Waals surface area contributed by atoms with Gasteiger partial charge in [-0.05, 0) is 53.2 Å². The van der Waals surface area contributed by atoms with E-state index in [1.807, 2.05) is 63.1 Å². The van der Waals surface area contributed by atoms with E-state index in [0.717, 1.165) is 28.2 Å². The lowest BCUT2D eigenvalue weighted by atomic mass is 10.2. The second-order valence-electron chi connectivity index (χ2n) is 9.70. The molecule has 3 aromatic heterocycles. The van der Waals surface area contributed by atoms with Crippen LogP contribution >= 0.6 is 11.3 Å². The molecule has 4 heterocycles. The van der Waals surface area contributed by atoms with E-state index in [1.165, 1.54) is 6.07 Å². The Kier molecular flexibility index (Phi) is 6.28. The quantitative estimate of drug-likeness (QED) is 0.571. The number of thiophene rings is 1. The van der Waals surface area contributed by atoms with Crippen LogP contribution in [0.1, 0.15) is 48.6 Å². The van der Waals surface area contributed by atoms with Crippen molar-refractivity contribution in [3.05, 3.63) is 46.5 Å². The van der Waals surface area contributed by atoms with Gasteiger partial charge in [-0.1, -0.05) is 0 Å². The lowest BCUT2D eigenvalue weighted by molar-refractivity contribution is 0.0159. The molecule has 34 heavy (non-hydrogen) atoms. The first-order valence-electron chi connectivity index (χ1n) is 11.2. The second kappa shape index (κ2) is 8.90. The summed E-state index contributed by atoms with van der Waals surface area (Å²) < 4.78 is 22.1. The summed E-state index contributed by atoms with van der Waals surface area (Å²) in [5.74, 6) is -1.05. The normalized spacial score (nSPS) is 16.7. The summed E-state index contributed by atoms with van der Waals surface area (Å²) in [6.07, 6.45) is 3.30. The van der Waals surface area contributed by atoms with E-state index in [9.17, 15) is 14.0 Å². The number of aryl methyl sites for hydroxylation is 2. The number of piperazine rings is 1. The molecule has 0 radical (unpaired) electrons. The molecule has 1 saturated heterocycles. The highest BCUT2D eigenvalue weighted by Gasteiger charge is 2.32. The van der Waals surface area contributed by atoms with Gasteiger partial charge in [-0.25, -0.2) is 14.2 Å². The monoisotopic (exact) mass is 487 g/mol. The van der Waals surface area contributed by atoms with Crippen LogP contribution in [0.2, 0.25) is 0 Å². The van der Waals surface area contributed by atoms with Gasteiger partial charge in [0.25, 0.3) is 5.91 Å². The number of rotatable bonds is 3. The first-order valence-corrected chi connectivity index (χ1v) is 12.0. The van der Waals surface area contributed by atoms with Crippen LogP contribution in [0.4, 0.5) is 19.9 Å². The summed E-state index contributed by atoms with van der Waals surface area (Å²) in [6.45, 7) is 12.7. The van der Waals surface area contributed by atoms with Crippen LogP contribution in [0.25, 0.3) is 5.65 Å². The Hall–Kier alpha value is -3.14. The summed E-state index contributed by atoms with van der Waals surface area (Å²) in [6, 6.07) is 3.16. The Balaban J connectivity index is 1.46. The van der Waals surface area contributed by atoms with Crippen molar-refractivity contribution in [1.82, 2.24) is 14.3 Å². The van der Waals surface area contributed by atoms with Gasteiger partial charge < -0.3 is 24.3 Å². The fourth-order valence-corrected chi connectivity index (χ4v) is 4.95. The molecule has 0 spiro atoms. The molecule has 0 aromatic carbocycles. The number of nitrogens with zero attached hydrogens (tertiary/aromatic N) is 4. The number of carbonyl (C=O) groups excluding carboxylic acids is 2. The third-order valence-electron chi connectivity index (χ3n) is 5.62. The van der Waals surface area contributed by atoms with Crippen LogP contribution in [0, 0.1) is 19.7 Å². The molecule has 0 bridgehead atoms. The summed E-state index contributed by atoms with van der Waals surface area (Å²) in [4.78, 5) is 33.5. The van der Waals surface area contributed by atoms with Gasteiger partial charge in [0.15, 0.2) is 0 Å². The molecule has 0 saturated carbocycles. The number of aromatic nitrogens is 2. The van der Waals surface area contributed by atoms with Gasteiger partial charge in [-0.3, -0.25) is 4.79 Å². The van der Waals surface area contributed by atoms with Crippen molar-refractivity contribution in [2.75, 3.05) is 29.9 Å². The number of carbonyl (C=O) groups is 2. The van der Waals surface area contributed by atoms with Crippen LogP contribution in [0.5, 0.6) is 0 Å². The first kappa shape index (κ1) is 24.0. The van der Waals surface area contributed by atoms with Gasteiger partial charge in [0.2, 0.25) is 0 Å². The third-order valence-corrected chi connectivity index (χ3v) is 6.79. The predicted molar refractivity (Wildman–Crippen MR) is 132 cm³/mol.